The maximum atomic E-state index is 13.2. The predicted molar refractivity (Wildman–Crippen MR) is 147 cm³/mol. The number of nitrogens with zero attached hydrogens (tertiary/aromatic N) is 2. The molecule has 0 saturated heterocycles. The van der Waals surface area contributed by atoms with Gasteiger partial charge in [0.2, 0.25) is 5.91 Å². The number of hydrogen-bond donors (Lipinski definition) is 3. The fourth-order valence-electron chi connectivity index (χ4n) is 3.77. The molecule has 1 aromatic heterocycles. The molecule has 208 valence electrons. The Morgan fingerprint density at radius 2 is 1.85 bits per heavy atom. The van der Waals surface area contributed by atoms with Gasteiger partial charge in [-0.3, -0.25) is 19.0 Å². The first-order valence-corrected chi connectivity index (χ1v) is 12.4. The van der Waals surface area contributed by atoms with E-state index in [0.717, 1.165) is 0 Å². The number of hydrogen-bond acceptors (Lipinski definition) is 8. The smallest absolute Gasteiger partial charge is 0.338 e. The molecule has 0 aliphatic rings. The third kappa shape index (κ3) is 6.66. The lowest BCUT2D eigenvalue weighted by atomic mass is 10.00. The van der Waals surface area contributed by atoms with Crippen molar-refractivity contribution in [3.05, 3.63) is 81.2 Å². The van der Waals surface area contributed by atoms with Gasteiger partial charge < -0.3 is 25.6 Å². The van der Waals surface area contributed by atoms with E-state index in [-0.39, 0.29) is 17.7 Å². The number of aromatic nitrogens is 1. The Balaban J connectivity index is 1.82. The number of carboxylic acids is 1. The lowest BCUT2D eigenvalue weighted by Gasteiger charge is -2.20. The molecule has 0 aliphatic carbocycles. The Morgan fingerprint density at radius 3 is 2.42 bits per heavy atom. The minimum absolute atomic E-state index is 0.125. The van der Waals surface area contributed by atoms with Gasteiger partial charge in [0.25, 0.3) is 5.56 Å². The quantitative estimate of drug-likeness (QED) is 0.310. The van der Waals surface area contributed by atoms with E-state index in [9.17, 15) is 24.4 Å². The van der Waals surface area contributed by atoms with Crippen molar-refractivity contribution in [1.29, 1.82) is 5.26 Å². The van der Waals surface area contributed by atoms with E-state index in [0.29, 0.717) is 27.4 Å². The topological polar surface area (TPSA) is 174 Å². The first-order chi connectivity index (χ1) is 18.9. The average Bonchev–Trinajstić information content (AvgIpc) is 2.93. The number of benzene rings is 2. The number of ether oxygens (including phenoxy) is 2. The molecular formula is C28H27ClN4O7. The Hall–Kier alpha value is -4.66. The zero-order chi connectivity index (χ0) is 29.6. The number of amides is 1. The van der Waals surface area contributed by atoms with Crippen molar-refractivity contribution in [2.24, 2.45) is 5.73 Å². The van der Waals surface area contributed by atoms with Crippen LogP contribution in [0.5, 0.6) is 5.75 Å². The fraction of sp³-hybridized carbons (Fsp3) is 0.250. The molecule has 0 radical (unpaired) electrons. The monoisotopic (exact) mass is 566 g/mol. The molecule has 0 spiro atoms. The Morgan fingerprint density at radius 1 is 1.18 bits per heavy atom. The number of rotatable bonds is 10. The number of pyridine rings is 1. The number of nitriles is 1. The standard InChI is InChI=1S/C28H27ClN4O7/c1-4-22(25(35)32-19-9-6-16(7-10-19)26(36)40-15-28(2,31)27(37)38)33-14-23(39-3)21(12-24(33)34)20-11-18(29)8-5-17(20)13-30/h5-12,14,22H,4,15,31H2,1-3H3,(H,32,35)(H,37,38). The molecular weight excluding hydrogens is 540 g/mol. The summed E-state index contributed by atoms with van der Waals surface area (Å²) in [6.45, 7) is 2.44. The highest BCUT2D eigenvalue weighted by molar-refractivity contribution is 6.31. The van der Waals surface area contributed by atoms with E-state index in [4.69, 9.17) is 31.9 Å². The maximum Gasteiger partial charge on any atom is 0.338 e. The first kappa shape index (κ1) is 29.9. The molecule has 0 saturated carbocycles. The van der Waals surface area contributed by atoms with Crippen LogP contribution in [0.1, 0.15) is 42.2 Å². The normalized spacial score (nSPS) is 12.9. The number of nitrogens with one attached hydrogen (secondary N) is 1. The van der Waals surface area contributed by atoms with Crippen molar-refractivity contribution in [3.8, 4) is 22.9 Å². The highest BCUT2D eigenvalue weighted by Crippen LogP contribution is 2.33. The van der Waals surface area contributed by atoms with Crippen molar-refractivity contribution in [2.45, 2.75) is 31.8 Å². The highest BCUT2D eigenvalue weighted by atomic mass is 35.5. The molecule has 3 aromatic rings. The van der Waals surface area contributed by atoms with Crippen LogP contribution in [-0.2, 0) is 14.3 Å². The number of nitrogens with two attached hydrogens (primary N) is 1. The largest absolute Gasteiger partial charge is 0.495 e. The zero-order valence-electron chi connectivity index (χ0n) is 21.9. The summed E-state index contributed by atoms with van der Waals surface area (Å²) in [4.78, 5) is 49.6. The van der Waals surface area contributed by atoms with E-state index in [1.165, 1.54) is 55.1 Å². The lowest BCUT2D eigenvalue weighted by molar-refractivity contribution is -0.144. The van der Waals surface area contributed by atoms with E-state index >= 15 is 0 Å². The number of aliphatic carboxylic acids is 1. The maximum absolute atomic E-state index is 13.2. The van der Waals surface area contributed by atoms with Gasteiger partial charge in [-0.1, -0.05) is 18.5 Å². The van der Waals surface area contributed by atoms with Crippen molar-refractivity contribution < 1.29 is 29.0 Å². The SMILES string of the molecule is CCC(C(=O)Nc1ccc(C(=O)OCC(C)(N)C(=O)O)cc1)n1cc(OC)c(-c2cc(Cl)ccc2C#N)cc1=O. The number of carbonyl (C=O) groups excluding carboxylic acids is 2. The molecule has 12 heteroatoms. The highest BCUT2D eigenvalue weighted by Gasteiger charge is 2.30. The van der Waals surface area contributed by atoms with Crippen molar-refractivity contribution >= 4 is 35.1 Å². The predicted octanol–water partition coefficient (Wildman–Crippen LogP) is 3.60. The van der Waals surface area contributed by atoms with Gasteiger partial charge in [-0.05, 0) is 55.8 Å². The molecule has 2 unspecified atom stereocenters. The van der Waals surface area contributed by atoms with Crippen LogP contribution in [0, 0.1) is 11.3 Å². The number of carboxylic acid groups (broad SMARTS) is 1. The summed E-state index contributed by atoms with van der Waals surface area (Å²) in [5.74, 6) is -2.31. The summed E-state index contributed by atoms with van der Waals surface area (Å²) in [5.41, 5.74) is 4.90. The van der Waals surface area contributed by atoms with Gasteiger partial charge in [-0.15, -0.1) is 0 Å². The van der Waals surface area contributed by atoms with Crippen LogP contribution in [0.3, 0.4) is 0 Å². The second-order valence-corrected chi connectivity index (χ2v) is 9.53. The minimum atomic E-state index is -1.73. The van der Waals surface area contributed by atoms with E-state index in [1.54, 1.807) is 25.1 Å². The number of halogens is 1. The van der Waals surface area contributed by atoms with Crippen LogP contribution < -0.4 is 21.3 Å². The van der Waals surface area contributed by atoms with Crippen LogP contribution in [0.15, 0.2) is 59.5 Å². The van der Waals surface area contributed by atoms with Gasteiger partial charge in [-0.25, -0.2) is 4.79 Å². The lowest BCUT2D eigenvalue weighted by Crippen LogP contribution is -2.49. The third-order valence-electron chi connectivity index (χ3n) is 6.06. The Bertz CT molecular complexity index is 1540. The summed E-state index contributed by atoms with van der Waals surface area (Å²) in [7, 11) is 1.41. The van der Waals surface area contributed by atoms with Gasteiger partial charge in [0, 0.05) is 27.9 Å². The van der Waals surface area contributed by atoms with Crippen molar-refractivity contribution in [1.82, 2.24) is 4.57 Å². The number of esters is 1. The minimum Gasteiger partial charge on any atom is -0.495 e. The van der Waals surface area contributed by atoms with E-state index < -0.39 is 41.6 Å². The molecule has 2 atom stereocenters. The number of methoxy groups -OCH3 is 1. The molecule has 2 aromatic carbocycles. The summed E-state index contributed by atoms with van der Waals surface area (Å²) < 4.78 is 11.7. The van der Waals surface area contributed by atoms with E-state index in [1.807, 2.05) is 0 Å². The Labute approximate surface area is 234 Å². The Kier molecular flexibility index (Phi) is 9.31. The number of anilines is 1. The van der Waals surface area contributed by atoms with Gasteiger partial charge >= 0.3 is 11.9 Å². The van der Waals surface area contributed by atoms with Gasteiger partial charge in [-0.2, -0.15) is 5.26 Å². The zero-order valence-corrected chi connectivity index (χ0v) is 22.7. The van der Waals surface area contributed by atoms with E-state index in [2.05, 4.69) is 11.4 Å². The fourth-order valence-corrected chi connectivity index (χ4v) is 3.94. The third-order valence-corrected chi connectivity index (χ3v) is 6.30. The summed E-state index contributed by atoms with van der Waals surface area (Å²) in [5, 5.41) is 21.6. The molecule has 4 N–H and O–H groups in total. The summed E-state index contributed by atoms with van der Waals surface area (Å²) in [6, 6.07) is 12.9. The molecule has 40 heavy (non-hydrogen) atoms. The van der Waals surface area contributed by atoms with Crippen LogP contribution in [0.25, 0.3) is 11.1 Å². The number of carbonyl (C=O) groups is 3. The molecule has 0 bridgehead atoms. The summed E-state index contributed by atoms with van der Waals surface area (Å²) >= 11 is 6.12. The van der Waals surface area contributed by atoms with Crippen LogP contribution in [-0.4, -0.2) is 46.8 Å². The van der Waals surface area contributed by atoms with Gasteiger partial charge in [0.05, 0.1) is 30.5 Å². The van der Waals surface area contributed by atoms with Crippen LogP contribution >= 0.6 is 11.6 Å². The second-order valence-electron chi connectivity index (χ2n) is 9.09. The molecule has 0 fully saturated rings. The molecule has 11 nitrogen and oxygen atoms in total. The van der Waals surface area contributed by atoms with Crippen LogP contribution in [0.2, 0.25) is 5.02 Å². The summed E-state index contributed by atoms with van der Waals surface area (Å²) in [6.07, 6.45) is 1.68. The molecule has 1 amide bonds. The van der Waals surface area contributed by atoms with Gasteiger partial charge in [0.15, 0.2) is 0 Å². The average molecular weight is 567 g/mol. The molecule has 3 rings (SSSR count). The van der Waals surface area contributed by atoms with Crippen molar-refractivity contribution in [2.75, 3.05) is 19.0 Å². The van der Waals surface area contributed by atoms with Gasteiger partial charge in [0.1, 0.15) is 23.9 Å². The second kappa shape index (κ2) is 12.5. The molecule has 0 aliphatic heterocycles. The molecule has 1 heterocycles. The van der Waals surface area contributed by atoms with Crippen LogP contribution in [0.4, 0.5) is 5.69 Å². The first-order valence-electron chi connectivity index (χ1n) is 12.0. The van der Waals surface area contributed by atoms with Crippen molar-refractivity contribution in [3.63, 3.8) is 0 Å².